The van der Waals surface area contributed by atoms with E-state index in [-0.39, 0.29) is 0 Å². The summed E-state index contributed by atoms with van der Waals surface area (Å²) >= 11 is 7.59. The maximum Gasteiger partial charge on any atom is 0.0934 e. The number of thiophene rings is 1. The third-order valence-corrected chi connectivity index (χ3v) is 4.73. The van der Waals surface area contributed by atoms with Gasteiger partial charge in [0.1, 0.15) is 0 Å². The highest BCUT2D eigenvalue weighted by atomic mass is 35.5. The highest BCUT2D eigenvalue weighted by molar-refractivity contribution is 7.19. The Labute approximate surface area is 129 Å². The zero-order valence-electron chi connectivity index (χ0n) is 11.4. The summed E-state index contributed by atoms with van der Waals surface area (Å²) in [4.78, 5) is 1.23. The molecule has 1 saturated carbocycles. The maximum absolute atomic E-state index is 5.97. The van der Waals surface area contributed by atoms with E-state index in [9.17, 15) is 0 Å². The average molecular weight is 307 g/mol. The minimum absolute atomic E-state index is 0.800. The Bertz CT molecular complexity index is 546. The van der Waals surface area contributed by atoms with Crippen LogP contribution in [0, 0.1) is 0 Å². The van der Waals surface area contributed by atoms with Crippen LogP contribution in [0.1, 0.15) is 18.4 Å². The van der Waals surface area contributed by atoms with Gasteiger partial charge >= 0.3 is 0 Å². The predicted molar refractivity (Wildman–Crippen MR) is 87.5 cm³/mol. The number of hydrogen-bond acceptors (Lipinski definition) is 3. The molecule has 0 amide bonds. The summed E-state index contributed by atoms with van der Waals surface area (Å²) in [5, 5.41) is 6.97. The molecule has 0 spiro atoms. The Balaban J connectivity index is 1.45. The van der Waals surface area contributed by atoms with Crippen molar-refractivity contribution in [3.8, 4) is 10.4 Å². The van der Waals surface area contributed by atoms with Crippen molar-refractivity contribution >= 4 is 22.9 Å². The van der Waals surface area contributed by atoms with Gasteiger partial charge in [-0.2, -0.15) is 0 Å². The largest absolute Gasteiger partial charge is 0.313 e. The van der Waals surface area contributed by atoms with Crippen molar-refractivity contribution in [3.63, 3.8) is 0 Å². The molecule has 2 nitrogen and oxygen atoms in total. The molecule has 0 unspecified atom stereocenters. The van der Waals surface area contributed by atoms with Gasteiger partial charge in [0, 0.05) is 30.6 Å². The smallest absolute Gasteiger partial charge is 0.0934 e. The number of halogens is 1. The van der Waals surface area contributed by atoms with Gasteiger partial charge in [-0.15, -0.1) is 11.3 Å². The highest BCUT2D eigenvalue weighted by Gasteiger charge is 2.19. The fourth-order valence-electron chi connectivity index (χ4n) is 2.14. The Morgan fingerprint density at radius 3 is 2.50 bits per heavy atom. The van der Waals surface area contributed by atoms with Crippen LogP contribution in [0.25, 0.3) is 10.4 Å². The van der Waals surface area contributed by atoms with Crippen molar-refractivity contribution < 1.29 is 0 Å². The normalized spacial score (nSPS) is 14.7. The van der Waals surface area contributed by atoms with Crippen LogP contribution in [-0.2, 0) is 6.54 Å². The Kier molecular flexibility index (Phi) is 4.73. The molecule has 0 bridgehead atoms. The second kappa shape index (κ2) is 6.72. The summed E-state index contributed by atoms with van der Waals surface area (Å²) in [6.45, 7) is 3.02. The molecule has 1 aliphatic carbocycles. The molecule has 1 fully saturated rings. The number of rotatable bonds is 7. The zero-order chi connectivity index (χ0) is 13.8. The SMILES string of the molecule is Clc1ccc(-c2ccc(CNCCNC3CC3)cc2)s1. The standard InChI is InChI=1S/C16H19ClN2S/c17-16-8-7-15(20-16)13-3-1-12(2-4-13)11-18-9-10-19-14-5-6-14/h1-4,7-8,14,18-19H,5-6,9-11H2. The van der Waals surface area contributed by atoms with Gasteiger partial charge in [-0.1, -0.05) is 35.9 Å². The molecule has 20 heavy (non-hydrogen) atoms. The first kappa shape index (κ1) is 14.1. The van der Waals surface area contributed by atoms with Gasteiger partial charge in [-0.05, 0) is 36.1 Å². The van der Waals surface area contributed by atoms with E-state index >= 15 is 0 Å². The van der Waals surface area contributed by atoms with Gasteiger partial charge < -0.3 is 10.6 Å². The van der Waals surface area contributed by atoms with Crippen molar-refractivity contribution in [1.82, 2.24) is 10.6 Å². The molecule has 106 valence electrons. The summed E-state index contributed by atoms with van der Waals surface area (Å²) in [6.07, 6.45) is 2.71. The molecule has 1 aliphatic rings. The molecule has 2 aromatic rings. The van der Waals surface area contributed by atoms with E-state index < -0.39 is 0 Å². The van der Waals surface area contributed by atoms with Gasteiger partial charge in [0.2, 0.25) is 0 Å². The third kappa shape index (κ3) is 4.06. The third-order valence-electron chi connectivity index (χ3n) is 3.45. The maximum atomic E-state index is 5.97. The highest BCUT2D eigenvalue weighted by Crippen LogP contribution is 2.30. The molecule has 1 heterocycles. The molecule has 0 atom stereocenters. The van der Waals surface area contributed by atoms with Crippen LogP contribution in [0.15, 0.2) is 36.4 Å². The molecule has 0 radical (unpaired) electrons. The molecule has 3 rings (SSSR count). The summed E-state index contributed by atoms with van der Waals surface area (Å²) in [7, 11) is 0. The summed E-state index contributed by atoms with van der Waals surface area (Å²) < 4.78 is 0.842. The topological polar surface area (TPSA) is 24.1 Å². The van der Waals surface area contributed by atoms with Crippen molar-refractivity contribution in [3.05, 3.63) is 46.3 Å². The van der Waals surface area contributed by atoms with E-state index in [1.54, 1.807) is 11.3 Å². The monoisotopic (exact) mass is 306 g/mol. The molecular formula is C16H19ClN2S. The first-order valence-corrected chi connectivity index (χ1v) is 8.29. The van der Waals surface area contributed by atoms with Gasteiger partial charge in [0.05, 0.1) is 4.34 Å². The molecule has 1 aromatic carbocycles. The molecule has 0 saturated heterocycles. The van der Waals surface area contributed by atoms with Crippen LogP contribution >= 0.6 is 22.9 Å². The van der Waals surface area contributed by atoms with E-state index in [1.807, 2.05) is 6.07 Å². The lowest BCUT2D eigenvalue weighted by Crippen LogP contribution is -2.28. The van der Waals surface area contributed by atoms with E-state index in [2.05, 4.69) is 41.0 Å². The van der Waals surface area contributed by atoms with Gasteiger partial charge in [0.15, 0.2) is 0 Å². The van der Waals surface area contributed by atoms with E-state index in [4.69, 9.17) is 11.6 Å². The molecule has 4 heteroatoms. The Hall–Kier alpha value is -0.870. The van der Waals surface area contributed by atoms with Crippen LogP contribution in [0.4, 0.5) is 0 Å². The van der Waals surface area contributed by atoms with Gasteiger partial charge in [-0.25, -0.2) is 0 Å². The molecule has 2 N–H and O–H groups in total. The van der Waals surface area contributed by atoms with Gasteiger partial charge in [0.25, 0.3) is 0 Å². The van der Waals surface area contributed by atoms with Crippen molar-refractivity contribution in [2.24, 2.45) is 0 Å². The van der Waals surface area contributed by atoms with Crippen molar-refractivity contribution in [2.45, 2.75) is 25.4 Å². The second-order valence-electron chi connectivity index (χ2n) is 5.21. The minimum atomic E-state index is 0.800. The number of benzene rings is 1. The second-order valence-corrected chi connectivity index (χ2v) is 6.92. The lowest BCUT2D eigenvalue weighted by atomic mass is 10.1. The fourth-order valence-corrected chi connectivity index (χ4v) is 3.19. The van der Waals surface area contributed by atoms with E-state index in [0.717, 1.165) is 30.0 Å². The summed E-state index contributed by atoms with van der Waals surface area (Å²) in [5.41, 5.74) is 2.56. The molecular weight excluding hydrogens is 288 g/mol. The van der Waals surface area contributed by atoms with Crippen LogP contribution in [0.5, 0.6) is 0 Å². The fraction of sp³-hybridized carbons (Fsp3) is 0.375. The van der Waals surface area contributed by atoms with Gasteiger partial charge in [-0.3, -0.25) is 0 Å². The Morgan fingerprint density at radius 1 is 1.05 bits per heavy atom. The van der Waals surface area contributed by atoms with Crippen LogP contribution < -0.4 is 10.6 Å². The summed E-state index contributed by atoms with van der Waals surface area (Å²) in [6, 6.07) is 13.5. The zero-order valence-corrected chi connectivity index (χ0v) is 12.9. The van der Waals surface area contributed by atoms with Crippen LogP contribution in [0.2, 0.25) is 4.34 Å². The van der Waals surface area contributed by atoms with Crippen LogP contribution in [0.3, 0.4) is 0 Å². The van der Waals surface area contributed by atoms with E-state index in [0.29, 0.717) is 0 Å². The summed E-state index contributed by atoms with van der Waals surface area (Å²) in [5.74, 6) is 0. The molecule has 0 aliphatic heterocycles. The van der Waals surface area contributed by atoms with Crippen molar-refractivity contribution in [2.75, 3.05) is 13.1 Å². The first-order chi connectivity index (χ1) is 9.81. The lowest BCUT2D eigenvalue weighted by molar-refractivity contribution is 0.608. The quantitative estimate of drug-likeness (QED) is 0.758. The first-order valence-electron chi connectivity index (χ1n) is 7.10. The molecule has 1 aromatic heterocycles. The average Bonchev–Trinajstić information content (AvgIpc) is 3.19. The van der Waals surface area contributed by atoms with Crippen LogP contribution in [-0.4, -0.2) is 19.1 Å². The lowest BCUT2D eigenvalue weighted by Gasteiger charge is -2.06. The predicted octanol–water partition coefficient (Wildman–Crippen LogP) is 3.91. The minimum Gasteiger partial charge on any atom is -0.313 e. The number of hydrogen-bond donors (Lipinski definition) is 2. The number of nitrogens with one attached hydrogen (secondary N) is 2. The van der Waals surface area contributed by atoms with E-state index in [1.165, 1.54) is 28.8 Å². The van der Waals surface area contributed by atoms with Crippen molar-refractivity contribution in [1.29, 1.82) is 0 Å². The Morgan fingerprint density at radius 2 is 1.85 bits per heavy atom.